The summed E-state index contributed by atoms with van der Waals surface area (Å²) in [7, 11) is 0. The van der Waals surface area contributed by atoms with Crippen molar-refractivity contribution in [1.82, 2.24) is 15.0 Å². The summed E-state index contributed by atoms with van der Waals surface area (Å²) in [5.41, 5.74) is 1.58. The van der Waals surface area contributed by atoms with Gasteiger partial charge < -0.3 is 20.0 Å². The van der Waals surface area contributed by atoms with Crippen molar-refractivity contribution in [3.63, 3.8) is 0 Å². The van der Waals surface area contributed by atoms with Crippen LogP contribution in [0.5, 0.6) is 0 Å². The van der Waals surface area contributed by atoms with Crippen molar-refractivity contribution in [2.75, 3.05) is 25.1 Å². The Morgan fingerprint density at radius 2 is 1.88 bits per heavy atom. The highest BCUT2D eigenvalue weighted by Crippen LogP contribution is 2.36. The van der Waals surface area contributed by atoms with E-state index in [1.54, 1.807) is 12.3 Å². The molecule has 1 aliphatic rings. The number of hydrogen-bond donors (Lipinski definition) is 3. The number of aromatic nitrogens is 3. The zero-order chi connectivity index (χ0) is 22.7. The molecule has 3 N–H and O–H groups in total. The number of benzene rings is 3. The summed E-state index contributed by atoms with van der Waals surface area (Å²) in [6, 6.07) is 11.2. The number of hydrogen-bond acceptors (Lipinski definition) is 4. The van der Waals surface area contributed by atoms with Crippen molar-refractivity contribution >= 4 is 38.3 Å². The van der Waals surface area contributed by atoms with E-state index in [-0.39, 0.29) is 22.4 Å². The quantitative estimate of drug-likeness (QED) is 0.341. The first kappa shape index (κ1) is 19.9. The number of pyridine rings is 1. The molecule has 0 spiro atoms. The first-order chi connectivity index (χ1) is 15.9. The molecule has 0 atom stereocenters. The molecule has 8 heteroatoms. The molecule has 5 aromatic rings. The largest absolute Gasteiger partial charge is 0.384 e. The number of halogens is 2. The van der Waals surface area contributed by atoms with Gasteiger partial charge in [-0.25, -0.2) is 13.8 Å². The van der Waals surface area contributed by atoms with Crippen LogP contribution < -0.4 is 10.9 Å². The molecule has 33 heavy (non-hydrogen) atoms. The number of H-pyrrole nitrogens is 2. The van der Waals surface area contributed by atoms with Gasteiger partial charge in [0.2, 0.25) is 0 Å². The van der Waals surface area contributed by atoms with Gasteiger partial charge in [0, 0.05) is 34.6 Å². The maximum absolute atomic E-state index is 14.5. The Balaban J connectivity index is 1.60. The van der Waals surface area contributed by atoms with Gasteiger partial charge in [0.05, 0.1) is 35.2 Å². The van der Waals surface area contributed by atoms with E-state index in [0.29, 0.717) is 40.4 Å². The topological polar surface area (TPSA) is 82.8 Å². The highest BCUT2D eigenvalue weighted by atomic mass is 19.1. The van der Waals surface area contributed by atoms with Crippen molar-refractivity contribution < 1.29 is 13.5 Å². The van der Waals surface area contributed by atoms with Gasteiger partial charge in [-0.05, 0) is 35.7 Å². The van der Waals surface area contributed by atoms with Crippen LogP contribution in [0.2, 0.25) is 0 Å². The van der Waals surface area contributed by atoms with E-state index in [2.05, 4.69) is 27.2 Å². The third-order valence-electron chi connectivity index (χ3n) is 6.30. The van der Waals surface area contributed by atoms with Crippen LogP contribution in [0.15, 0.2) is 53.5 Å². The third-order valence-corrected chi connectivity index (χ3v) is 6.30. The monoisotopic (exact) mass is 446 g/mol. The van der Waals surface area contributed by atoms with Crippen LogP contribution >= 0.6 is 0 Å². The molecular formula is C25H20F2N4O2. The van der Waals surface area contributed by atoms with E-state index in [9.17, 15) is 13.6 Å². The van der Waals surface area contributed by atoms with Crippen molar-refractivity contribution in [2.24, 2.45) is 5.41 Å². The summed E-state index contributed by atoms with van der Waals surface area (Å²) < 4.78 is 34.2. The molecule has 166 valence electrons. The maximum atomic E-state index is 14.5. The maximum Gasteiger partial charge on any atom is 0.256 e. The second-order valence-electron chi connectivity index (χ2n) is 8.92. The van der Waals surface area contributed by atoms with Crippen molar-refractivity contribution in [3.8, 4) is 11.4 Å². The molecule has 6 nitrogen and oxygen atoms in total. The van der Waals surface area contributed by atoms with Crippen LogP contribution in [0.1, 0.15) is 6.92 Å². The Hall–Kier alpha value is -3.78. The molecule has 0 amide bonds. The minimum atomic E-state index is -0.708. The molecule has 1 fully saturated rings. The Kier molecular flexibility index (Phi) is 4.28. The lowest BCUT2D eigenvalue weighted by atomic mass is 9.88. The number of imidazole rings is 1. The highest BCUT2D eigenvalue weighted by molar-refractivity contribution is 6.23. The van der Waals surface area contributed by atoms with Crippen molar-refractivity contribution in [2.45, 2.75) is 6.92 Å². The van der Waals surface area contributed by atoms with Crippen LogP contribution in [-0.2, 0) is 4.74 Å². The molecule has 2 aromatic heterocycles. The molecule has 3 aromatic carbocycles. The predicted octanol–water partition coefficient (Wildman–Crippen LogP) is 4.95. The zero-order valence-corrected chi connectivity index (χ0v) is 17.8. The van der Waals surface area contributed by atoms with Crippen LogP contribution in [-0.4, -0.2) is 34.7 Å². The van der Waals surface area contributed by atoms with Gasteiger partial charge in [0.15, 0.2) is 0 Å². The van der Waals surface area contributed by atoms with Gasteiger partial charge in [0.25, 0.3) is 5.56 Å². The van der Waals surface area contributed by atoms with E-state index in [1.807, 2.05) is 18.2 Å². The summed E-state index contributed by atoms with van der Waals surface area (Å²) in [5, 5.41) is 6.00. The average molecular weight is 446 g/mol. The molecule has 0 unspecified atom stereocenters. The van der Waals surface area contributed by atoms with Crippen LogP contribution in [0.25, 0.3) is 44.0 Å². The molecule has 0 bridgehead atoms. The van der Waals surface area contributed by atoms with E-state index >= 15 is 0 Å². The number of anilines is 1. The number of ether oxygens (including phenoxy) is 1. The predicted molar refractivity (Wildman–Crippen MR) is 124 cm³/mol. The third kappa shape index (κ3) is 3.09. The summed E-state index contributed by atoms with van der Waals surface area (Å²) >= 11 is 0. The lowest BCUT2D eigenvalue weighted by Crippen LogP contribution is -2.45. The highest BCUT2D eigenvalue weighted by Gasteiger charge is 2.33. The summed E-state index contributed by atoms with van der Waals surface area (Å²) in [4.78, 5) is 23.2. The second-order valence-corrected chi connectivity index (χ2v) is 8.92. The van der Waals surface area contributed by atoms with Gasteiger partial charge in [-0.15, -0.1) is 0 Å². The lowest BCUT2D eigenvalue weighted by molar-refractivity contribution is -0.0924. The van der Waals surface area contributed by atoms with Gasteiger partial charge in [0.1, 0.15) is 17.5 Å². The second kappa shape index (κ2) is 7.11. The Labute approximate surface area is 186 Å². The van der Waals surface area contributed by atoms with E-state index in [4.69, 9.17) is 4.74 Å². The fourth-order valence-electron chi connectivity index (χ4n) is 4.50. The molecule has 0 saturated carbocycles. The normalized spacial score (nSPS) is 15.2. The van der Waals surface area contributed by atoms with Gasteiger partial charge in [-0.1, -0.05) is 19.1 Å². The number of aromatic amines is 2. The van der Waals surface area contributed by atoms with E-state index < -0.39 is 11.6 Å². The number of nitrogens with zero attached hydrogens (tertiary/aromatic N) is 1. The Morgan fingerprint density at radius 3 is 2.61 bits per heavy atom. The van der Waals surface area contributed by atoms with Crippen molar-refractivity contribution in [3.05, 3.63) is 70.6 Å². The molecule has 0 radical (unpaired) electrons. The van der Waals surface area contributed by atoms with Crippen molar-refractivity contribution in [1.29, 1.82) is 0 Å². The molecular weight excluding hydrogens is 426 g/mol. The fourth-order valence-corrected chi connectivity index (χ4v) is 4.50. The number of nitrogens with one attached hydrogen (secondary N) is 3. The first-order valence-electron chi connectivity index (χ1n) is 10.7. The lowest BCUT2D eigenvalue weighted by Gasteiger charge is -2.38. The Bertz CT molecular complexity index is 1600. The minimum Gasteiger partial charge on any atom is -0.384 e. The molecule has 0 aliphatic carbocycles. The van der Waals surface area contributed by atoms with Crippen LogP contribution in [0, 0.1) is 17.0 Å². The van der Waals surface area contributed by atoms with Crippen LogP contribution in [0.3, 0.4) is 0 Å². The van der Waals surface area contributed by atoms with Gasteiger partial charge >= 0.3 is 0 Å². The number of rotatable bonds is 4. The fraction of sp³-hybridized carbons (Fsp3) is 0.200. The SMILES string of the molecule is CC1(CNc2ccc3c(c2)c2c(=O)[nH]ccc2c2[nH]c(-c4c(F)cccc4F)nc32)COC1. The minimum absolute atomic E-state index is 0.0785. The molecule has 6 rings (SSSR count). The van der Waals surface area contributed by atoms with Crippen LogP contribution in [0.4, 0.5) is 14.5 Å². The summed E-state index contributed by atoms with van der Waals surface area (Å²) in [6.07, 6.45) is 1.56. The van der Waals surface area contributed by atoms with Gasteiger partial charge in [-0.2, -0.15) is 0 Å². The smallest absolute Gasteiger partial charge is 0.256 e. The standard InChI is InChI=1S/C25H20F2N4O2/c1-25(11-33-12-25)10-29-13-5-6-14-16(9-13)19-15(7-8-28-24(19)32)22-21(14)30-23(31-22)20-17(26)3-2-4-18(20)27/h2-9,29H,10-12H2,1H3,(H,28,32)(H,30,31). The molecule has 1 aliphatic heterocycles. The molecule has 3 heterocycles. The zero-order valence-electron chi connectivity index (χ0n) is 17.8. The first-order valence-corrected chi connectivity index (χ1v) is 10.7. The summed E-state index contributed by atoms with van der Waals surface area (Å²) in [5.74, 6) is -1.34. The number of fused-ring (bicyclic) bond motifs is 6. The van der Waals surface area contributed by atoms with E-state index in [0.717, 1.165) is 17.6 Å². The molecule has 1 saturated heterocycles. The van der Waals surface area contributed by atoms with Gasteiger partial charge in [-0.3, -0.25) is 4.79 Å². The van der Waals surface area contributed by atoms with E-state index in [1.165, 1.54) is 18.2 Å². The Morgan fingerprint density at radius 1 is 1.09 bits per heavy atom. The summed E-state index contributed by atoms with van der Waals surface area (Å²) in [6.45, 7) is 4.31. The average Bonchev–Trinajstić information content (AvgIpc) is 3.21.